The molecule has 0 spiro atoms. The van der Waals surface area contributed by atoms with Crippen molar-refractivity contribution < 1.29 is 14.3 Å². The highest BCUT2D eigenvalue weighted by molar-refractivity contribution is 6.30. The zero-order valence-electron chi connectivity index (χ0n) is 14.2. The Labute approximate surface area is 152 Å². The molecule has 132 valence electrons. The van der Waals surface area contributed by atoms with E-state index in [9.17, 15) is 9.59 Å². The summed E-state index contributed by atoms with van der Waals surface area (Å²) in [5.74, 6) is -0.433. The second-order valence-corrected chi connectivity index (χ2v) is 6.36. The van der Waals surface area contributed by atoms with Crippen molar-refractivity contribution in [1.29, 1.82) is 0 Å². The van der Waals surface area contributed by atoms with Crippen LogP contribution in [-0.4, -0.2) is 18.0 Å². The fourth-order valence-electron chi connectivity index (χ4n) is 2.21. The Balaban J connectivity index is 1.92. The van der Waals surface area contributed by atoms with Crippen molar-refractivity contribution in [3.8, 4) is 0 Å². The van der Waals surface area contributed by atoms with E-state index >= 15 is 0 Å². The lowest BCUT2D eigenvalue weighted by molar-refractivity contribution is -0.119. The molecule has 0 aliphatic carbocycles. The van der Waals surface area contributed by atoms with Gasteiger partial charge >= 0.3 is 6.09 Å². The lowest BCUT2D eigenvalue weighted by Gasteiger charge is -2.21. The molecule has 0 saturated carbocycles. The van der Waals surface area contributed by atoms with Gasteiger partial charge < -0.3 is 15.4 Å². The molecule has 0 bridgehead atoms. The Hall–Kier alpha value is -2.53. The average Bonchev–Trinajstić information content (AvgIpc) is 2.58. The highest BCUT2D eigenvalue weighted by Gasteiger charge is 2.25. The van der Waals surface area contributed by atoms with E-state index in [0.29, 0.717) is 10.7 Å². The summed E-state index contributed by atoms with van der Waals surface area (Å²) in [5, 5.41) is 5.89. The molecule has 1 atom stereocenters. The van der Waals surface area contributed by atoms with Crippen molar-refractivity contribution in [1.82, 2.24) is 5.32 Å². The van der Waals surface area contributed by atoms with Crippen LogP contribution in [-0.2, 0) is 16.1 Å². The molecule has 0 aliphatic heterocycles. The van der Waals surface area contributed by atoms with Gasteiger partial charge in [-0.2, -0.15) is 0 Å². The number of nitrogens with one attached hydrogen (secondary N) is 2. The van der Waals surface area contributed by atoms with E-state index in [4.69, 9.17) is 16.3 Å². The number of carbonyl (C=O) groups excluding carboxylic acids is 2. The van der Waals surface area contributed by atoms with Crippen molar-refractivity contribution >= 4 is 29.3 Å². The predicted octanol–water partition coefficient (Wildman–Crippen LogP) is 4.23. The van der Waals surface area contributed by atoms with Gasteiger partial charge in [0.1, 0.15) is 12.6 Å². The van der Waals surface area contributed by atoms with Crippen LogP contribution >= 0.6 is 11.6 Å². The van der Waals surface area contributed by atoms with Crippen molar-refractivity contribution in [2.24, 2.45) is 5.92 Å². The molecule has 2 amide bonds. The molecular formula is C19H21ClN2O3. The number of alkyl carbamates (subject to hydrolysis) is 1. The first-order valence-electron chi connectivity index (χ1n) is 7.99. The second-order valence-electron chi connectivity index (χ2n) is 5.93. The highest BCUT2D eigenvalue weighted by atomic mass is 35.5. The predicted molar refractivity (Wildman–Crippen MR) is 98.5 cm³/mol. The van der Waals surface area contributed by atoms with E-state index in [1.54, 1.807) is 24.3 Å². The van der Waals surface area contributed by atoms with E-state index in [0.717, 1.165) is 5.56 Å². The third-order valence-electron chi connectivity index (χ3n) is 3.53. The summed E-state index contributed by atoms with van der Waals surface area (Å²) < 4.78 is 5.18. The van der Waals surface area contributed by atoms with E-state index < -0.39 is 12.1 Å². The second kappa shape index (κ2) is 9.08. The fourth-order valence-corrected chi connectivity index (χ4v) is 2.40. The largest absolute Gasteiger partial charge is 0.445 e. The number of hydrogen-bond acceptors (Lipinski definition) is 3. The van der Waals surface area contributed by atoms with Crippen LogP contribution in [0.5, 0.6) is 0 Å². The number of rotatable bonds is 6. The van der Waals surface area contributed by atoms with Crippen LogP contribution in [0.15, 0.2) is 54.6 Å². The van der Waals surface area contributed by atoms with E-state index in [1.165, 1.54) is 0 Å². The van der Waals surface area contributed by atoms with Gasteiger partial charge in [-0.3, -0.25) is 4.79 Å². The zero-order valence-corrected chi connectivity index (χ0v) is 14.9. The highest BCUT2D eigenvalue weighted by Crippen LogP contribution is 2.16. The first kappa shape index (κ1) is 18.8. The van der Waals surface area contributed by atoms with Gasteiger partial charge in [0.2, 0.25) is 5.91 Å². The number of halogens is 1. The molecule has 2 rings (SSSR count). The fraction of sp³-hybridized carbons (Fsp3) is 0.263. The first-order valence-corrected chi connectivity index (χ1v) is 8.37. The summed E-state index contributed by atoms with van der Waals surface area (Å²) in [6.45, 7) is 3.84. The summed E-state index contributed by atoms with van der Waals surface area (Å²) in [4.78, 5) is 24.5. The summed E-state index contributed by atoms with van der Waals surface area (Å²) in [6, 6.07) is 15.5. The molecule has 0 unspecified atom stereocenters. The summed E-state index contributed by atoms with van der Waals surface area (Å²) in [6.07, 6.45) is -0.635. The van der Waals surface area contributed by atoms with Gasteiger partial charge in [-0.05, 0) is 29.7 Å². The molecule has 2 aromatic rings. The van der Waals surface area contributed by atoms with Crippen LogP contribution < -0.4 is 10.6 Å². The van der Waals surface area contributed by atoms with Crippen LogP contribution in [0.25, 0.3) is 0 Å². The molecule has 2 aromatic carbocycles. The Morgan fingerprint density at radius 1 is 1.08 bits per heavy atom. The van der Waals surface area contributed by atoms with E-state index in [1.807, 2.05) is 44.2 Å². The van der Waals surface area contributed by atoms with Crippen LogP contribution in [0.1, 0.15) is 19.4 Å². The van der Waals surface area contributed by atoms with Crippen molar-refractivity contribution in [3.05, 3.63) is 65.2 Å². The minimum Gasteiger partial charge on any atom is -0.445 e. The monoisotopic (exact) mass is 360 g/mol. The number of benzene rings is 2. The molecule has 0 aliphatic rings. The van der Waals surface area contributed by atoms with Crippen molar-refractivity contribution in [2.75, 3.05) is 5.32 Å². The van der Waals surface area contributed by atoms with Crippen LogP contribution in [0.4, 0.5) is 10.5 Å². The van der Waals surface area contributed by atoms with Gasteiger partial charge in [-0.15, -0.1) is 0 Å². The lowest BCUT2D eigenvalue weighted by Crippen LogP contribution is -2.47. The van der Waals surface area contributed by atoms with Gasteiger partial charge in [0, 0.05) is 10.7 Å². The normalized spacial score (nSPS) is 11.7. The smallest absolute Gasteiger partial charge is 0.408 e. The lowest BCUT2D eigenvalue weighted by atomic mass is 10.0. The Morgan fingerprint density at radius 2 is 1.80 bits per heavy atom. The zero-order chi connectivity index (χ0) is 18.2. The molecule has 0 heterocycles. The molecule has 0 saturated heterocycles. The molecule has 0 radical (unpaired) electrons. The number of carbonyl (C=O) groups is 2. The summed E-state index contributed by atoms with van der Waals surface area (Å²) in [7, 11) is 0. The Bertz CT molecular complexity index is 720. The number of ether oxygens (including phenoxy) is 1. The van der Waals surface area contributed by atoms with Crippen LogP contribution in [0.3, 0.4) is 0 Å². The van der Waals surface area contributed by atoms with Gasteiger partial charge in [0.15, 0.2) is 0 Å². The van der Waals surface area contributed by atoms with Crippen LogP contribution in [0, 0.1) is 5.92 Å². The average molecular weight is 361 g/mol. The molecule has 0 aromatic heterocycles. The summed E-state index contributed by atoms with van der Waals surface area (Å²) >= 11 is 5.91. The number of amides is 2. The van der Waals surface area contributed by atoms with E-state index in [2.05, 4.69) is 10.6 Å². The van der Waals surface area contributed by atoms with Gasteiger partial charge in [0.05, 0.1) is 0 Å². The molecule has 5 nitrogen and oxygen atoms in total. The molecular weight excluding hydrogens is 340 g/mol. The maximum absolute atomic E-state index is 12.5. The maximum Gasteiger partial charge on any atom is 0.408 e. The Morgan fingerprint density at radius 3 is 2.44 bits per heavy atom. The molecule has 25 heavy (non-hydrogen) atoms. The van der Waals surface area contributed by atoms with Gasteiger partial charge in [0.25, 0.3) is 0 Å². The number of hydrogen-bond donors (Lipinski definition) is 2. The van der Waals surface area contributed by atoms with Crippen molar-refractivity contribution in [3.63, 3.8) is 0 Å². The van der Waals surface area contributed by atoms with Crippen molar-refractivity contribution in [2.45, 2.75) is 26.5 Å². The number of anilines is 1. The SMILES string of the molecule is CC(C)[C@H](NC(=O)OCc1ccccc1)C(=O)Nc1cccc(Cl)c1. The molecule has 2 N–H and O–H groups in total. The standard InChI is InChI=1S/C19H21ClN2O3/c1-13(2)17(18(23)21-16-10-6-9-15(20)11-16)22-19(24)25-12-14-7-4-3-5-8-14/h3-11,13,17H,12H2,1-2H3,(H,21,23)(H,22,24)/t17-/m0/s1. The van der Waals surface area contributed by atoms with Crippen LogP contribution in [0.2, 0.25) is 5.02 Å². The molecule has 6 heteroatoms. The van der Waals surface area contributed by atoms with Gasteiger partial charge in [-0.25, -0.2) is 4.79 Å². The quantitative estimate of drug-likeness (QED) is 0.810. The maximum atomic E-state index is 12.5. The molecule has 0 fully saturated rings. The minimum atomic E-state index is -0.720. The third-order valence-corrected chi connectivity index (χ3v) is 3.76. The Kier molecular flexibility index (Phi) is 6.83. The first-order chi connectivity index (χ1) is 12.0. The van der Waals surface area contributed by atoms with Gasteiger partial charge in [-0.1, -0.05) is 61.8 Å². The topological polar surface area (TPSA) is 67.4 Å². The summed E-state index contributed by atoms with van der Waals surface area (Å²) in [5.41, 5.74) is 1.45. The third kappa shape index (κ3) is 6.12. The van der Waals surface area contributed by atoms with E-state index in [-0.39, 0.29) is 18.4 Å². The minimum absolute atomic E-state index is 0.108.